The predicted octanol–water partition coefficient (Wildman–Crippen LogP) is 3.51. The number of hydrogen-bond donors (Lipinski definition) is 1. The second-order valence-electron chi connectivity index (χ2n) is 10.9. The Labute approximate surface area is 214 Å². The van der Waals surface area contributed by atoms with Crippen LogP contribution in [0, 0.1) is 16.7 Å². The average Bonchev–Trinajstić information content (AvgIpc) is 3.30. The van der Waals surface area contributed by atoms with Gasteiger partial charge in [0.05, 0.1) is 23.0 Å². The molecule has 0 bridgehead atoms. The number of Topliss-reactive ketones (excluding diaryl/α,β-unsaturated/α-hetero) is 1. The molecule has 2 saturated carbocycles. The third-order valence-corrected chi connectivity index (χ3v) is 9.22. The van der Waals surface area contributed by atoms with Crippen LogP contribution in [0.15, 0.2) is 60.7 Å². The third kappa shape index (κ3) is 3.45. The quantitative estimate of drug-likeness (QED) is 0.484. The van der Waals surface area contributed by atoms with Gasteiger partial charge < -0.3 is 19.3 Å². The first kappa shape index (κ1) is 25.1. The minimum absolute atomic E-state index is 0.0579. The zero-order valence-electron chi connectivity index (χ0n) is 21.1. The second kappa shape index (κ2) is 8.52. The fourth-order valence-corrected chi connectivity index (χ4v) is 6.78. The van der Waals surface area contributed by atoms with Crippen LogP contribution in [0.2, 0.25) is 0 Å². The number of aliphatic hydroxyl groups is 1. The fraction of sp³-hybridized carbons (Fsp3) is 0.448. The van der Waals surface area contributed by atoms with Crippen molar-refractivity contribution in [1.82, 2.24) is 0 Å². The van der Waals surface area contributed by atoms with Crippen LogP contribution in [0.3, 0.4) is 0 Å². The largest absolute Gasteiger partial charge is 0.461 e. The Morgan fingerprint density at radius 1 is 0.946 bits per heavy atom. The van der Waals surface area contributed by atoms with Crippen LogP contribution in [-0.2, 0) is 23.8 Å². The van der Waals surface area contributed by atoms with Gasteiger partial charge in [-0.1, -0.05) is 43.3 Å². The number of hydrogen-bond acceptors (Lipinski definition) is 8. The van der Waals surface area contributed by atoms with Crippen LogP contribution < -0.4 is 0 Å². The van der Waals surface area contributed by atoms with Gasteiger partial charge in [0.25, 0.3) is 0 Å². The summed E-state index contributed by atoms with van der Waals surface area (Å²) in [5, 5.41) is 11.6. The highest BCUT2D eigenvalue weighted by Gasteiger charge is 2.83. The van der Waals surface area contributed by atoms with Crippen molar-refractivity contribution in [2.75, 3.05) is 6.61 Å². The molecule has 2 aliphatic carbocycles. The lowest BCUT2D eigenvalue weighted by Gasteiger charge is -2.59. The smallest absolute Gasteiger partial charge is 0.338 e. The summed E-state index contributed by atoms with van der Waals surface area (Å²) < 4.78 is 17.7. The molecular weight excluding hydrogens is 476 g/mol. The molecule has 2 aromatic rings. The van der Waals surface area contributed by atoms with Crippen LogP contribution in [0.1, 0.15) is 60.7 Å². The lowest BCUT2D eigenvalue weighted by molar-refractivity contribution is -0.245. The minimum atomic E-state index is -1.98. The SMILES string of the molecule is C[C@@H]1[C@H](OC(=O)c2ccccc2)C[C@]23OC(=O)C[C@]12CC(=O)[C@](C)(O)[C@@]3(C)COC(=O)c1ccccc1. The molecule has 194 valence electrons. The van der Waals surface area contributed by atoms with E-state index in [0.29, 0.717) is 11.1 Å². The molecule has 5 rings (SSSR count). The lowest BCUT2D eigenvalue weighted by Crippen LogP contribution is -2.72. The summed E-state index contributed by atoms with van der Waals surface area (Å²) in [6.07, 6.45) is -0.792. The van der Waals surface area contributed by atoms with Crippen molar-refractivity contribution in [2.24, 2.45) is 16.7 Å². The predicted molar refractivity (Wildman–Crippen MR) is 130 cm³/mol. The van der Waals surface area contributed by atoms with Crippen molar-refractivity contribution in [3.63, 3.8) is 0 Å². The molecule has 0 radical (unpaired) electrons. The van der Waals surface area contributed by atoms with Crippen LogP contribution in [0.5, 0.6) is 0 Å². The van der Waals surface area contributed by atoms with Gasteiger partial charge >= 0.3 is 17.9 Å². The van der Waals surface area contributed by atoms with Crippen LogP contribution in [0.25, 0.3) is 0 Å². The summed E-state index contributed by atoms with van der Waals surface area (Å²) in [7, 11) is 0. The Balaban J connectivity index is 1.53. The molecule has 3 fully saturated rings. The average molecular weight is 507 g/mol. The summed E-state index contributed by atoms with van der Waals surface area (Å²) >= 11 is 0. The molecule has 1 heterocycles. The minimum Gasteiger partial charge on any atom is -0.461 e. The summed E-state index contributed by atoms with van der Waals surface area (Å²) in [6, 6.07) is 16.9. The van der Waals surface area contributed by atoms with E-state index in [2.05, 4.69) is 0 Å². The number of benzene rings is 2. The Hall–Kier alpha value is -3.52. The molecule has 8 nitrogen and oxygen atoms in total. The number of carbonyl (C=O) groups is 4. The first-order chi connectivity index (χ1) is 17.5. The van der Waals surface area contributed by atoms with E-state index in [-0.39, 0.29) is 25.9 Å². The van der Waals surface area contributed by atoms with Crippen molar-refractivity contribution < 1.29 is 38.5 Å². The van der Waals surface area contributed by atoms with Crippen molar-refractivity contribution in [1.29, 1.82) is 0 Å². The Bertz CT molecular complexity index is 1260. The first-order valence-electron chi connectivity index (χ1n) is 12.4. The van der Waals surface area contributed by atoms with E-state index in [4.69, 9.17) is 14.2 Å². The third-order valence-electron chi connectivity index (χ3n) is 9.22. The molecular formula is C29H30O8. The topological polar surface area (TPSA) is 116 Å². The number of esters is 3. The van der Waals surface area contributed by atoms with E-state index in [1.165, 1.54) is 6.92 Å². The first-order valence-corrected chi connectivity index (χ1v) is 12.4. The standard InChI is InChI=1S/C29H30O8/c1-18-21(36-25(33)20-12-8-5-9-13-20)14-29-26(2,17-35-24(32)19-10-6-4-7-11-19)27(3,34)22(30)15-28(18,29)16-23(31)37-29/h4-13,18,21,34H,14-17H2,1-3H3/t18-,21-,26-,27+,28-,29-/m1/s1. The van der Waals surface area contributed by atoms with E-state index in [1.807, 2.05) is 6.92 Å². The van der Waals surface area contributed by atoms with Gasteiger partial charge in [-0.05, 0) is 38.1 Å². The maximum Gasteiger partial charge on any atom is 0.338 e. The molecule has 1 aliphatic heterocycles. The van der Waals surface area contributed by atoms with Gasteiger partial charge in [0.15, 0.2) is 5.78 Å². The molecule has 0 aromatic heterocycles. The maximum atomic E-state index is 13.5. The van der Waals surface area contributed by atoms with Gasteiger partial charge in [-0.2, -0.15) is 0 Å². The van der Waals surface area contributed by atoms with Crippen LogP contribution in [-0.4, -0.2) is 52.7 Å². The van der Waals surface area contributed by atoms with Crippen LogP contribution >= 0.6 is 0 Å². The van der Waals surface area contributed by atoms with Crippen LogP contribution in [0.4, 0.5) is 0 Å². The van der Waals surface area contributed by atoms with Gasteiger partial charge in [0, 0.05) is 24.2 Å². The van der Waals surface area contributed by atoms with Gasteiger partial charge in [-0.3, -0.25) is 9.59 Å². The highest BCUT2D eigenvalue weighted by Crippen LogP contribution is 2.72. The summed E-state index contributed by atoms with van der Waals surface area (Å²) in [4.78, 5) is 52.1. The number of rotatable bonds is 5. The van der Waals surface area contributed by atoms with Gasteiger partial charge in [0.1, 0.15) is 23.9 Å². The van der Waals surface area contributed by atoms with Gasteiger partial charge in [-0.25, -0.2) is 9.59 Å². The van der Waals surface area contributed by atoms with E-state index < -0.39 is 57.7 Å². The van der Waals surface area contributed by atoms with Crippen molar-refractivity contribution in [2.45, 2.75) is 57.3 Å². The van der Waals surface area contributed by atoms with Crippen molar-refractivity contribution in [3.8, 4) is 0 Å². The molecule has 37 heavy (non-hydrogen) atoms. The zero-order chi connectivity index (χ0) is 26.6. The van der Waals surface area contributed by atoms with Crippen molar-refractivity contribution in [3.05, 3.63) is 71.8 Å². The normalized spacial score (nSPS) is 36.3. The Morgan fingerprint density at radius 2 is 1.51 bits per heavy atom. The summed E-state index contributed by atoms with van der Waals surface area (Å²) in [5.41, 5.74) is -5.21. The molecule has 8 heteroatoms. The molecule has 2 aromatic carbocycles. The number of ether oxygens (including phenoxy) is 3. The van der Waals surface area contributed by atoms with Gasteiger partial charge in [-0.15, -0.1) is 0 Å². The summed E-state index contributed by atoms with van der Waals surface area (Å²) in [5.74, 6) is -2.55. The molecule has 0 amide bonds. The van der Waals surface area contributed by atoms with Crippen molar-refractivity contribution >= 4 is 23.7 Å². The van der Waals surface area contributed by atoms with E-state index in [0.717, 1.165) is 0 Å². The molecule has 3 aliphatic rings. The molecule has 6 atom stereocenters. The Kier molecular flexibility index (Phi) is 5.79. The highest BCUT2D eigenvalue weighted by molar-refractivity contribution is 5.93. The summed E-state index contributed by atoms with van der Waals surface area (Å²) in [6.45, 7) is 4.46. The lowest BCUT2D eigenvalue weighted by atomic mass is 9.46. The number of carbonyl (C=O) groups excluding carboxylic acids is 4. The molecule has 0 unspecified atom stereocenters. The maximum absolute atomic E-state index is 13.5. The zero-order valence-corrected chi connectivity index (χ0v) is 21.1. The molecule has 0 spiro atoms. The van der Waals surface area contributed by atoms with Gasteiger partial charge in [0.2, 0.25) is 0 Å². The highest BCUT2D eigenvalue weighted by atomic mass is 16.6. The van der Waals surface area contributed by atoms with E-state index in [1.54, 1.807) is 67.6 Å². The number of ketones is 1. The molecule has 1 N–H and O–H groups in total. The monoisotopic (exact) mass is 506 g/mol. The fourth-order valence-electron chi connectivity index (χ4n) is 6.78. The van der Waals surface area contributed by atoms with E-state index in [9.17, 15) is 24.3 Å². The second-order valence-corrected chi connectivity index (χ2v) is 10.9. The van der Waals surface area contributed by atoms with E-state index >= 15 is 0 Å². The Morgan fingerprint density at radius 3 is 2.11 bits per heavy atom. The molecule has 1 saturated heterocycles.